The standard InChI is InChI=1S/C23H19F17O3Si/c1-41-44(42-2,43-3)9-8-12-4-5-14-11-15(7-6-13(14)10-12)16(24,25)17(26,27)18(28,29)19(30,31)20(32,33)21(34,35)22(36,37)23(38,39)40/h4-7,10-11H,8-9H2,1-3H3. The summed E-state index contributed by atoms with van der Waals surface area (Å²) in [6.45, 7) is 0. The Bertz CT molecular complexity index is 1310. The van der Waals surface area contributed by atoms with E-state index in [1.165, 1.54) is 33.5 Å². The quantitative estimate of drug-likeness (QED) is 0.155. The van der Waals surface area contributed by atoms with Crippen molar-refractivity contribution < 1.29 is 87.9 Å². The Kier molecular flexibility index (Phi) is 9.83. The third-order valence-corrected chi connectivity index (χ3v) is 9.37. The van der Waals surface area contributed by atoms with Gasteiger partial charge in [0.2, 0.25) is 0 Å². The number of rotatable bonds is 13. The van der Waals surface area contributed by atoms with Gasteiger partial charge in [0.1, 0.15) is 0 Å². The van der Waals surface area contributed by atoms with Crippen LogP contribution >= 0.6 is 0 Å². The van der Waals surface area contributed by atoms with E-state index >= 15 is 0 Å². The number of aryl methyl sites for hydroxylation is 1. The summed E-state index contributed by atoms with van der Waals surface area (Å²) in [5.41, 5.74) is -1.84. The van der Waals surface area contributed by atoms with Crippen LogP contribution in [0.1, 0.15) is 11.1 Å². The first-order valence-corrected chi connectivity index (χ1v) is 13.4. The molecule has 21 heteroatoms. The van der Waals surface area contributed by atoms with Gasteiger partial charge in [-0.3, -0.25) is 0 Å². The first kappa shape index (κ1) is 37.8. The van der Waals surface area contributed by atoms with Crippen molar-refractivity contribution in [2.45, 2.75) is 60.1 Å². The third kappa shape index (κ3) is 5.50. The summed E-state index contributed by atoms with van der Waals surface area (Å²) in [5, 5.41) is -0.505. The van der Waals surface area contributed by atoms with Gasteiger partial charge in [-0.2, -0.15) is 74.6 Å². The molecule has 0 aliphatic heterocycles. The summed E-state index contributed by atoms with van der Waals surface area (Å²) in [6.07, 6.45) is -7.65. The van der Waals surface area contributed by atoms with Crippen LogP contribution in [0.25, 0.3) is 10.8 Å². The molecule has 0 radical (unpaired) electrons. The van der Waals surface area contributed by atoms with Crippen LogP contribution in [0.15, 0.2) is 36.4 Å². The van der Waals surface area contributed by atoms with Crippen molar-refractivity contribution in [3.8, 4) is 0 Å². The van der Waals surface area contributed by atoms with E-state index in [0.29, 0.717) is 11.6 Å². The van der Waals surface area contributed by atoms with E-state index in [1.54, 1.807) is 0 Å². The number of alkyl halides is 17. The molecule has 44 heavy (non-hydrogen) atoms. The molecule has 0 aliphatic rings. The highest BCUT2D eigenvalue weighted by Gasteiger charge is 2.95. The number of halogens is 17. The van der Waals surface area contributed by atoms with Gasteiger partial charge in [-0.25, -0.2) is 0 Å². The summed E-state index contributed by atoms with van der Waals surface area (Å²) in [5.74, 6) is -56.8. The molecule has 0 atom stereocenters. The van der Waals surface area contributed by atoms with Gasteiger partial charge in [-0.15, -0.1) is 0 Å². The van der Waals surface area contributed by atoms with Gasteiger partial charge in [0.25, 0.3) is 0 Å². The summed E-state index contributed by atoms with van der Waals surface area (Å²) < 4.78 is 247. The molecule has 0 amide bonds. The molecule has 2 aromatic rings. The van der Waals surface area contributed by atoms with Crippen molar-refractivity contribution in [1.82, 2.24) is 0 Å². The predicted molar refractivity (Wildman–Crippen MR) is 119 cm³/mol. The van der Waals surface area contributed by atoms with Crippen LogP contribution in [0.2, 0.25) is 6.04 Å². The molecular weight excluding hydrogens is 675 g/mol. The molecule has 0 bridgehead atoms. The molecule has 0 unspecified atom stereocenters. The molecule has 2 aromatic carbocycles. The molecule has 0 N–H and O–H groups in total. The lowest BCUT2D eigenvalue weighted by Crippen LogP contribution is -2.74. The lowest BCUT2D eigenvalue weighted by Gasteiger charge is -2.42. The van der Waals surface area contributed by atoms with Gasteiger partial charge >= 0.3 is 56.4 Å². The van der Waals surface area contributed by atoms with E-state index in [2.05, 4.69) is 0 Å². The summed E-state index contributed by atoms with van der Waals surface area (Å²) >= 11 is 0. The smallest absolute Gasteiger partial charge is 0.377 e. The zero-order valence-electron chi connectivity index (χ0n) is 22.0. The lowest BCUT2D eigenvalue weighted by atomic mass is 9.87. The van der Waals surface area contributed by atoms with Crippen molar-refractivity contribution in [2.75, 3.05) is 21.3 Å². The SMILES string of the molecule is CO[Si](CCc1ccc2cc(C(F)(F)C(F)(F)C(F)(F)C(F)(F)C(F)(F)C(F)(F)C(F)(F)C(F)(F)F)ccc2c1)(OC)OC. The molecule has 0 aliphatic carbocycles. The summed E-state index contributed by atoms with van der Waals surface area (Å²) in [4.78, 5) is 0. The second-order valence-electron chi connectivity index (χ2n) is 9.21. The van der Waals surface area contributed by atoms with Crippen molar-refractivity contribution in [3.05, 3.63) is 47.5 Å². The molecule has 0 fully saturated rings. The van der Waals surface area contributed by atoms with Crippen LogP contribution in [-0.4, -0.2) is 71.8 Å². The molecular formula is C23H19F17O3Si. The first-order valence-electron chi connectivity index (χ1n) is 11.5. The zero-order valence-corrected chi connectivity index (χ0v) is 23.0. The average Bonchev–Trinajstić information content (AvgIpc) is 2.92. The van der Waals surface area contributed by atoms with E-state index in [4.69, 9.17) is 13.3 Å². The number of hydrogen-bond acceptors (Lipinski definition) is 3. The van der Waals surface area contributed by atoms with E-state index in [9.17, 15) is 74.6 Å². The Labute approximate surface area is 237 Å². The maximum atomic E-state index is 14.7. The van der Waals surface area contributed by atoms with Crippen LogP contribution in [0, 0.1) is 0 Å². The molecule has 252 valence electrons. The van der Waals surface area contributed by atoms with Crippen LogP contribution in [0.4, 0.5) is 74.6 Å². The minimum absolute atomic E-state index is 0.0182. The van der Waals surface area contributed by atoms with Crippen molar-refractivity contribution >= 4 is 19.6 Å². The Morgan fingerprint density at radius 2 is 0.886 bits per heavy atom. The Hall–Kier alpha value is -2.39. The highest BCUT2D eigenvalue weighted by Crippen LogP contribution is 2.65. The Morgan fingerprint density at radius 1 is 0.500 bits per heavy atom. The van der Waals surface area contributed by atoms with Gasteiger partial charge in [0, 0.05) is 32.9 Å². The predicted octanol–water partition coefficient (Wildman–Crippen LogP) is 8.73. The highest BCUT2D eigenvalue weighted by atomic mass is 28.4. The fourth-order valence-electron chi connectivity index (χ4n) is 3.84. The van der Waals surface area contributed by atoms with Gasteiger partial charge in [-0.1, -0.05) is 30.3 Å². The largest absolute Gasteiger partial charge is 0.500 e. The van der Waals surface area contributed by atoms with Crippen LogP contribution in [0.3, 0.4) is 0 Å². The van der Waals surface area contributed by atoms with Gasteiger partial charge in [0.05, 0.1) is 0 Å². The second-order valence-corrected chi connectivity index (χ2v) is 12.3. The third-order valence-electron chi connectivity index (χ3n) is 6.64. The van der Waals surface area contributed by atoms with Crippen LogP contribution < -0.4 is 0 Å². The van der Waals surface area contributed by atoms with E-state index in [-0.39, 0.29) is 30.0 Å². The summed E-state index contributed by atoms with van der Waals surface area (Å²) in [7, 11) is 0.764. The normalized spacial score (nSPS) is 15.3. The Morgan fingerprint density at radius 3 is 1.32 bits per heavy atom. The van der Waals surface area contributed by atoms with Crippen LogP contribution in [0.5, 0.6) is 0 Å². The van der Waals surface area contributed by atoms with Crippen LogP contribution in [-0.2, 0) is 25.6 Å². The molecule has 0 aromatic heterocycles. The van der Waals surface area contributed by atoms with Gasteiger partial charge in [-0.05, 0) is 28.8 Å². The fourth-order valence-corrected chi connectivity index (χ4v) is 5.55. The van der Waals surface area contributed by atoms with Gasteiger partial charge < -0.3 is 13.3 Å². The molecule has 0 saturated carbocycles. The monoisotopic (exact) mass is 694 g/mol. The second kappa shape index (κ2) is 11.4. The number of hydrogen-bond donors (Lipinski definition) is 0. The van der Waals surface area contributed by atoms with E-state index in [0.717, 1.165) is 6.07 Å². The molecule has 3 nitrogen and oxygen atoms in total. The van der Waals surface area contributed by atoms with Crippen molar-refractivity contribution in [2.24, 2.45) is 0 Å². The zero-order chi connectivity index (χ0) is 34.6. The molecule has 2 rings (SSSR count). The van der Waals surface area contributed by atoms with Gasteiger partial charge in [0.15, 0.2) is 0 Å². The Balaban J connectivity index is 2.54. The first-order chi connectivity index (χ1) is 19.6. The number of fused-ring (bicyclic) bond motifs is 1. The number of benzene rings is 2. The van der Waals surface area contributed by atoms with Crippen molar-refractivity contribution in [1.29, 1.82) is 0 Å². The fraction of sp³-hybridized carbons (Fsp3) is 0.565. The minimum atomic E-state index is -8.67. The van der Waals surface area contributed by atoms with E-state index < -0.39 is 67.4 Å². The highest BCUT2D eigenvalue weighted by molar-refractivity contribution is 6.60. The summed E-state index contributed by atoms with van der Waals surface area (Å²) in [6, 6.07) is 4.14. The van der Waals surface area contributed by atoms with Crippen molar-refractivity contribution in [3.63, 3.8) is 0 Å². The maximum Gasteiger partial charge on any atom is 0.500 e. The molecule has 0 heterocycles. The van der Waals surface area contributed by atoms with E-state index in [1.807, 2.05) is 0 Å². The molecule has 0 spiro atoms. The minimum Gasteiger partial charge on any atom is -0.377 e. The lowest BCUT2D eigenvalue weighted by molar-refractivity contribution is -0.462. The average molecular weight is 694 g/mol. The maximum absolute atomic E-state index is 14.7. The topological polar surface area (TPSA) is 27.7 Å². The molecule has 0 saturated heterocycles.